The zero-order valence-corrected chi connectivity index (χ0v) is 25.0. The summed E-state index contributed by atoms with van der Waals surface area (Å²) in [6.45, 7) is 14.2. The molecular weight excluding hydrogens is 480 g/mol. The van der Waals surface area contributed by atoms with Crippen molar-refractivity contribution < 1.29 is 29.6 Å². The minimum Gasteiger partial charge on any atom is -0.461 e. The monoisotopic (exact) mass is 534 g/mol. The summed E-state index contributed by atoms with van der Waals surface area (Å²) in [7, 11) is 0. The van der Waals surface area contributed by atoms with Crippen LogP contribution in [0, 0.1) is 11.3 Å². The first-order chi connectivity index (χ1) is 17.7. The fourth-order valence-electron chi connectivity index (χ4n) is 6.49. The van der Waals surface area contributed by atoms with Crippen LogP contribution in [0.2, 0.25) is 0 Å². The number of hydrogen-bond acceptors (Lipinski definition) is 6. The highest BCUT2D eigenvalue weighted by Gasteiger charge is 2.61. The van der Waals surface area contributed by atoms with Crippen LogP contribution in [0.3, 0.4) is 0 Å². The predicted molar refractivity (Wildman–Crippen MR) is 153 cm³/mol. The summed E-state index contributed by atoms with van der Waals surface area (Å²) in [4.78, 5) is 11.1. The van der Waals surface area contributed by atoms with Crippen LogP contribution in [0.4, 0.5) is 0 Å². The molecule has 0 unspecified atom stereocenters. The molecule has 3 N–H and O–H groups in total. The van der Waals surface area contributed by atoms with Crippen molar-refractivity contribution in [2.24, 2.45) is 11.3 Å². The van der Waals surface area contributed by atoms with Crippen LogP contribution in [-0.4, -0.2) is 57.9 Å². The first-order valence-corrected chi connectivity index (χ1v) is 14.5. The second kappa shape index (κ2) is 14.2. The quantitative estimate of drug-likeness (QED) is 0.161. The number of ether oxygens (including phenoxy) is 2. The van der Waals surface area contributed by atoms with Gasteiger partial charge in [-0.2, -0.15) is 0 Å². The number of carbonyl (C=O) groups is 1. The summed E-state index contributed by atoms with van der Waals surface area (Å²) >= 11 is 0. The first-order valence-electron chi connectivity index (χ1n) is 14.5. The van der Waals surface area contributed by atoms with Crippen molar-refractivity contribution in [1.82, 2.24) is 0 Å². The van der Waals surface area contributed by atoms with Gasteiger partial charge in [0.1, 0.15) is 6.61 Å². The Labute approximate surface area is 231 Å². The molecule has 2 rings (SSSR count). The molecule has 0 aromatic heterocycles. The number of hydrogen-bond donors (Lipinski definition) is 3. The van der Waals surface area contributed by atoms with Crippen molar-refractivity contribution in [2.75, 3.05) is 13.2 Å². The number of fused-ring (bicyclic) bond motifs is 2. The van der Waals surface area contributed by atoms with Gasteiger partial charge in [0.15, 0.2) is 0 Å². The molecule has 2 bridgehead atoms. The van der Waals surface area contributed by atoms with Crippen molar-refractivity contribution in [3.05, 3.63) is 34.9 Å². The van der Waals surface area contributed by atoms with Crippen LogP contribution >= 0.6 is 0 Å². The third kappa shape index (κ3) is 9.04. The fraction of sp³-hybridized carbons (Fsp3) is 0.781. The normalized spacial score (nSPS) is 30.4. The summed E-state index contributed by atoms with van der Waals surface area (Å²) in [5.41, 5.74) is 2.14. The maximum atomic E-state index is 11.1. The van der Waals surface area contributed by atoms with E-state index in [-0.39, 0.29) is 23.6 Å². The Bertz CT molecular complexity index is 871. The number of carbonyl (C=O) groups excluding carboxylic acids is 1. The van der Waals surface area contributed by atoms with Crippen molar-refractivity contribution >= 4 is 5.97 Å². The molecule has 2 saturated heterocycles. The number of allylic oxidation sites excluding steroid dienone is 4. The highest BCUT2D eigenvalue weighted by molar-refractivity contribution is 5.66. The van der Waals surface area contributed by atoms with Crippen LogP contribution in [0.5, 0.6) is 0 Å². The molecule has 2 aliphatic heterocycles. The zero-order chi connectivity index (χ0) is 28.6. The van der Waals surface area contributed by atoms with Gasteiger partial charge >= 0.3 is 5.97 Å². The molecule has 0 amide bonds. The van der Waals surface area contributed by atoms with Crippen molar-refractivity contribution in [2.45, 2.75) is 136 Å². The van der Waals surface area contributed by atoms with Gasteiger partial charge in [-0.05, 0) is 116 Å². The van der Waals surface area contributed by atoms with E-state index in [0.29, 0.717) is 37.9 Å². The molecule has 38 heavy (non-hydrogen) atoms. The van der Waals surface area contributed by atoms with Gasteiger partial charge in [0.05, 0.1) is 30.0 Å². The summed E-state index contributed by atoms with van der Waals surface area (Å²) in [6.07, 6.45) is 14.6. The van der Waals surface area contributed by atoms with Gasteiger partial charge < -0.3 is 24.8 Å². The maximum absolute atomic E-state index is 11.1. The van der Waals surface area contributed by atoms with Crippen molar-refractivity contribution in [1.29, 1.82) is 0 Å². The molecular formula is C32H54O6. The fourth-order valence-corrected chi connectivity index (χ4v) is 6.49. The third-order valence-corrected chi connectivity index (χ3v) is 9.13. The van der Waals surface area contributed by atoms with E-state index >= 15 is 0 Å². The van der Waals surface area contributed by atoms with Gasteiger partial charge in [-0.3, -0.25) is 4.79 Å². The molecule has 2 fully saturated rings. The van der Waals surface area contributed by atoms with Gasteiger partial charge in [0.2, 0.25) is 0 Å². The summed E-state index contributed by atoms with van der Waals surface area (Å²) in [6, 6.07) is 0. The predicted octanol–water partition coefficient (Wildman–Crippen LogP) is 6.19. The van der Waals surface area contributed by atoms with Crippen LogP contribution in [0.15, 0.2) is 34.9 Å². The Morgan fingerprint density at radius 1 is 1.08 bits per heavy atom. The van der Waals surface area contributed by atoms with E-state index in [1.54, 1.807) is 6.92 Å². The van der Waals surface area contributed by atoms with E-state index in [2.05, 4.69) is 32.9 Å². The highest BCUT2D eigenvalue weighted by atomic mass is 16.5. The van der Waals surface area contributed by atoms with E-state index < -0.39 is 11.7 Å². The SMILES string of the molecule is CC(=O)OC/C(C)=C/CC[C@]1(C)[C@@H](CC/C=C(\C)CC[C@@H](O)[C@](C)(O)CC/C=C(\C)CO)[C@]2(C)CC[C@H]1O2. The number of aliphatic hydroxyl groups excluding tert-OH is 2. The average molecular weight is 535 g/mol. The lowest BCUT2D eigenvalue weighted by Crippen LogP contribution is -2.42. The summed E-state index contributed by atoms with van der Waals surface area (Å²) in [5.74, 6) is 0.242. The lowest BCUT2D eigenvalue weighted by Gasteiger charge is -2.42. The molecule has 2 heterocycles. The van der Waals surface area contributed by atoms with Crippen molar-refractivity contribution in [3.63, 3.8) is 0 Å². The highest BCUT2D eigenvalue weighted by Crippen LogP contribution is 2.61. The topological polar surface area (TPSA) is 96.2 Å². The van der Waals surface area contributed by atoms with Gasteiger partial charge in [-0.25, -0.2) is 0 Å². The van der Waals surface area contributed by atoms with E-state index in [0.717, 1.165) is 56.1 Å². The van der Waals surface area contributed by atoms with Crippen LogP contribution in [0.1, 0.15) is 113 Å². The Hall–Kier alpha value is -1.47. The smallest absolute Gasteiger partial charge is 0.302 e. The molecule has 6 atom stereocenters. The largest absolute Gasteiger partial charge is 0.461 e. The average Bonchev–Trinajstić information content (AvgIpc) is 3.34. The third-order valence-electron chi connectivity index (χ3n) is 9.13. The van der Waals surface area contributed by atoms with Gasteiger partial charge in [-0.15, -0.1) is 0 Å². The molecule has 6 nitrogen and oxygen atoms in total. The standard InChI is InChI=1S/C32H54O6/c1-23(15-16-28(35)31(6,36)19-10-12-24(2)21-33)11-8-14-27-30(5,29-17-20-32(27,7)38-29)18-9-13-25(3)22-37-26(4)34/h11-13,27-29,33,35-36H,8-10,14-22H2,1-7H3/b23-11+,24-12+,25-13+/t27-,28-,29-,30-,31-,32+/m1/s1. The maximum Gasteiger partial charge on any atom is 0.302 e. The molecule has 0 radical (unpaired) electrons. The Balaban J connectivity index is 1.88. The van der Waals surface area contributed by atoms with Crippen LogP contribution < -0.4 is 0 Å². The van der Waals surface area contributed by atoms with E-state index in [4.69, 9.17) is 14.6 Å². The molecule has 0 aromatic carbocycles. The lowest BCUT2D eigenvalue weighted by molar-refractivity contribution is -0.139. The van der Waals surface area contributed by atoms with E-state index in [1.807, 2.05) is 19.9 Å². The Kier molecular flexibility index (Phi) is 12.3. The number of esters is 1. The number of rotatable bonds is 16. The molecule has 0 saturated carbocycles. The summed E-state index contributed by atoms with van der Waals surface area (Å²) in [5, 5.41) is 30.4. The van der Waals surface area contributed by atoms with E-state index in [9.17, 15) is 15.0 Å². The zero-order valence-electron chi connectivity index (χ0n) is 25.0. The Morgan fingerprint density at radius 3 is 2.39 bits per heavy atom. The van der Waals surface area contributed by atoms with Gasteiger partial charge in [0.25, 0.3) is 0 Å². The molecule has 0 aromatic rings. The van der Waals surface area contributed by atoms with Crippen LogP contribution in [0.25, 0.3) is 0 Å². The molecule has 0 aliphatic carbocycles. The second-order valence-electron chi connectivity index (χ2n) is 12.7. The van der Waals surface area contributed by atoms with Gasteiger partial charge in [-0.1, -0.05) is 36.3 Å². The number of aliphatic hydroxyl groups is 3. The Morgan fingerprint density at radius 2 is 1.74 bits per heavy atom. The molecule has 2 aliphatic rings. The van der Waals surface area contributed by atoms with Crippen molar-refractivity contribution in [3.8, 4) is 0 Å². The minimum absolute atomic E-state index is 0.0228. The second-order valence-corrected chi connectivity index (χ2v) is 12.7. The molecule has 6 heteroatoms. The lowest BCUT2D eigenvalue weighted by atomic mass is 9.60. The molecule has 0 spiro atoms. The minimum atomic E-state index is -1.14. The van der Waals surface area contributed by atoms with Gasteiger partial charge in [0, 0.05) is 6.92 Å². The van der Waals surface area contributed by atoms with E-state index in [1.165, 1.54) is 12.5 Å². The first kappa shape index (κ1) is 32.7. The van der Waals surface area contributed by atoms with Crippen LogP contribution in [-0.2, 0) is 14.3 Å². The molecule has 218 valence electrons. The summed E-state index contributed by atoms with van der Waals surface area (Å²) < 4.78 is 11.7.